The number of nitrogens with one attached hydrogen (secondary N) is 1. The van der Waals surface area contributed by atoms with Crippen molar-refractivity contribution in [2.24, 2.45) is 0 Å². The minimum Gasteiger partial charge on any atom is -0.462 e. The van der Waals surface area contributed by atoms with Crippen molar-refractivity contribution in [3.05, 3.63) is 47.8 Å². The fourth-order valence-electron chi connectivity index (χ4n) is 1.59. The van der Waals surface area contributed by atoms with E-state index in [-0.39, 0.29) is 0 Å². The molecule has 1 N–H and O–H groups in total. The number of benzene rings is 1. The zero-order chi connectivity index (χ0) is 13.7. The van der Waals surface area contributed by atoms with Gasteiger partial charge in [-0.2, -0.15) is 0 Å². The summed E-state index contributed by atoms with van der Waals surface area (Å²) in [4.78, 5) is 20.0. The van der Waals surface area contributed by atoms with Crippen molar-refractivity contribution in [2.75, 3.05) is 11.9 Å². The third-order valence-electron chi connectivity index (χ3n) is 2.50. The average Bonchev–Trinajstić information content (AvgIpc) is 2.40. The summed E-state index contributed by atoms with van der Waals surface area (Å²) in [6, 6.07) is 9.60. The van der Waals surface area contributed by atoms with Crippen LogP contribution in [0.5, 0.6) is 0 Å². The number of hydrogen-bond acceptors (Lipinski definition) is 5. The number of carbonyl (C=O) groups excluding carboxylic acids is 1. The number of carbonyl (C=O) groups is 1. The van der Waals surface area contributed by atoms with Gasteiger partial charge in [0, 0.05) is 11.9 Å². The van der Waals surface area contributed by atoms with Crippen molar-refractivity contribution < 1.29 is 9.53 Å². The lowest BCUT2D eigenvalue weighted by atomic mass is 10.2. The van der Waals surface area contributed by atoms with Crippen LogP contribution in [-0.4, -0.2) is 22.5 Å². The first-order valence-corrected chi connectivity index (χ1v) is 6.03. The summed E-state index contributed by atoms with van der Waals surface area (Å²) < 4.78 is 4.93. The summed E-state index contributed by atoms with van der Waals surface area (Å²) in [5.74, 6) is 0.0583. The lowest BCUT2D eigenvalue weighted by Gasteiger charge is -2.08. The summed E-state index contributed by atoms with van der Waals surface area (Å²) in [5.41, 5.74) is 1.87. The van der Waals surface area contributed by atoms with Gasteiger partial charge in [-0.3, -0.25) is 0 Å². The van der Waals surface area contributed by atoms with Gasteiger partial charge in [-0.05, 0) is 26.0 Å². The maximum absolute atomic E-state index is 11.6. The Kier molecular flexibility index (Phi) is 4.07. The van der Waals surface area contributed by atoms with Gasteiger partial charge in [-0.1, -0.05) is 18.2 Å². The van der Waals surface area contributed by atoms with Gasteiger partial charge in [0.05, 0.1) is 17.9 Å². The Hall–Kier alpha value is -2.43. The van der Waals surface area contributed by atoms with Gasteiger partial charge in [0.1, 0.15) is 0 Å². The van der Waals surface area contributed by atoms with Gasteiger partial charge in [0.25, 0.3) is 0 Å². The standard InChI is InChI=1S/C14H15N3O2/c1-3-19-13(18)12-9-15-14(16-10(12)2)17-11-7-5-4-6-8-11/h4-9H,3H2,1-2H3,(H,15,16,17). The molecule has 0 unspecified atom stereocenters. The van der Waals surface area contributed by atoms with Gasteiger partial charge in [-0.15, -0.1) is 0 Å². The first kappa shape index (κ1) is 13.0. The summed E-state index contributed by atoms with van der Waals surface area (Å²) >= 11 is 0. The number of nitrogens with zero attached hydrogens (tertiary/aromatic N) is 2. The van der Waals surface area contributed by atoms with E-state index in [1.54, 1.807) is 13.8 Å². The lowest BCUT2D eigenvalue weighted by molar-refractivity contribution is 0.0524. The molecule has 19 heavy (non-hydrogen) atoms. The van der Waals surface area contributed by atoms with E-state index in [2.05, 4.69) is 15.3 Å². The summed E-state index contributed by atoms with van der Waals surface area (Å²) in [7, 11) is 0. The molecule has 0 saturated heterocycles. The van der Waals surface area contributed by atoms with Crippen LogP contribution in [0, 0.1) is 6.92 Å². The molecule has 0 saturated carbocycles. The first-order chi connectivity index (χ1) is 9.20. The molecular weight excluding hydrogens is 242 g/mol. The number of rotatable bonds is 4. The minimum atomic E-state index is -0.397. The van der Waals surface area contributed by atoms with Gasteiger partial charge in [0.2, 0.25) is 5.95 Å². The Labute approximate surface area is 111 Å². The second-order valence-corrected chi connectivity index (χ2v) is 3.90. The van der Waals surface area contributed by atoms with Crippen LogP contribution in [0.25, 0.3) is 0 Å². The van der Waals surface area contributed by atoms with Crippen LogP contribution >= 0.6 is 0 Å². The van der Waals surface area contributed by atoms with E-state index < -0.39 is 5.97 Å². The molecule has 0 atom stereocenters. The largest absolute Gasteiger partial charge is 0.462 e. The maximum Gasteiger partial charge on any atom is 0.341 e. The van der Waals surface area contributed by atoms with Crippen LogP contribution in [-0.2, 0) is 4.74 Å². The molecule has 98 valence electrons. The monoisotopic (exact) mass is 257 g/mol. The van der Waals surface area contributed by atoms with Crippen LogP contribution in [0.3, 0.4) is 0 Å². The van der Waals surface area contributed by atoms with E-state index in [0.717, 1.165) is 5.69 Å². The number of anilines is 2. The molecule has 0 aliphatic rings. The molecule has 2 aromatic rings. The molecule has 0 radical (unpaired) electrons. The highest BCUT2D eigenvalue weighted by Gasteiger charge is 2.12. The lowest BCUT2D eigenvalue weighted by Crippen LogP contribution is -2.10. The molecule has 0 bridgehead atoms. The number of aromatic nitrogens is 2. The van der Waals surface area contributed by atoms with E-state index in [1.807, 2.05) is 30.3 Å². The molecule has 0 fully saturated rings. The van der Waals surface area contributed by atoms with Crippen LogP contribution in [0.2, 0.25) is 0 Å². The normalized spacial score (nSPS) is 10.0. The highest BCUT2D eigenvalue weighted by Crippen LogP contribution is 2.14. The third kappa shape index (κ3) is 3.28. The smallest absolute Gasteiger partial charge is 0.341 e. The van der Waals surface area contributed by atoms with E-state index in [0.29, 0.717) is 23.8 Å². The Morgan fingerprint density at radius 3 is 2.68 bits per heavy atom. The molecule has 0 spiro atoms. The van der Waals surface area contributed by atoms with Crippen molar-refractivity contribution in [1.82, 2.24) is 9.97 Å². The van der Waals surface area contributed by atoms with Crippen molar-refractivity contribution in [3.8, 4) is 0 Å². The number of hydrogen-bond donors (Lipinski definition) is 1. The third-order valence-corrected chi connectivity index (χ3v) is 2.50. The van der Waals surface area contributed by atoms with Crippen LogP contribution in [0.15, 0.2) is 36.5 Å². The molecule has 1 heterocycles. The van der Waals surface area contributed by atoms with E-state index in [1.165, 1.54) is 6.20 Å². The molecule has 0 aliphatic carbocycles. The van der Waals surface area contributed by atoms with Crippen LogP contribution in [0.4, 0.5) is 11.6 Å². The van der Waals surface area contributed by atoms with E-state index in [9.17, 15) is 4.79 Å². The molecular formula is C14H15N3O2. The molecule has 0 amide bonds. The predicted molar refractivity (Wildman–Crippen MR) is 72.5 cm³/mol. The number of ether oxygens (including phenoxy) is 1. The number of esters is 1. The topological polar surface area (TPSA) is 64.1 Å². The van der Waals surface area contributed by atoms with E-state index in [4.69, 9.17) is 4.74 Å². The fraction of sp³-hybridized carbons (Fsp3) is 0.214. The summed E-state index contributed by atoms with van der Waals surface area (Å²) in [6.45, 7) is 3.85. The Bertz CT molecular complexity index is 570. The quantitative estimate of drug-likeness (QED) is 0.853. The average molecular weight is 257 g/mol. The van der Waals surface area contributed by atoms with Gasteiger partial charge < -0.3 is 10.1 Å². The molecule has 5 nitrogen and oxygen atoms in total. The summed E-state index contributed by atoms with van der Waals surface area (Å²) in [6.07, 6.45) is 1.48. The highest BCUT2D eigenvalue weighted by molar-refractivity contribution is 5.90. The molecule has 2 rings (SSSR count). The zero-order valence-electron chi connectivity index (χ0n) is 10.9. The maximum atomic E-state index is 11.6. The Morgan fingerprint density at radius 2 is 2.05 bits per heavy atom. The SMILES string of the molecule is CCOC(=O)c1cnc(Nc2ccccc2)nc1C. The Morgan fingerprint density at radius 1 is 1.32 bits per heavy atom. The highest BCUT2D eigenvalue weighted by atomic mass is 16.5. The number of para-hydroxylation sites is 1. The zero-order valence-corrected chi connectivity index (χ0v) is 10.9. The van der Waals surface area contributed by atoms with Crippen molar-refractivity contribution in [3.63, 3.8) is 0 Å². The minimum absolute atomic E-state index is 0.336. The van der Waals surface area contributed by atoms with Crippen molar-refractivity contribution >= 4 is 17.6 Å². The molecule has 5 heteroatoms. The summed E-state index contributed by atoms with van der Waals surface area (Å²) in [5, 5.41) is 3.07. The van der Waals surface area contributed by atoms with Gasteiger partial charge in [-0.25, -0.2) is 14.8 Å². The second-order valence-electron chi connectivity index (χ2n) is 3.90. The number of aryl methyl sites for hydroxylation is 1. The van der Waals surface area contributed by atoms with Crippen LogP contribution in [0.1, 0.15) is 23.0 Å². The first-order valence-electron chi connectivity index (χ1n) is 6.03. The van der Waals surface area contributed by atoms with Crippen molar-refractivity contribution in [2.45, 2.75) is 13.8 Å². The molecule has 0 aliphatic heterocycles. The van der Waals surface area contributed by atoms with Crippen LogP contribution < -0.4 is 5.32 Å². The van der Waals surface area contributed by atoms with E-state index >= 15 is 0 Å². The predicted octanol–water partition coefficient (Wildman–Crippen LogP) is 2.71. The van der Waals surface area contributed by atoms with Gasteiger partial charge >= 0.3 is 5.97 Å². The second kappa shape index (κ2) is 5.95. The van der Waals surface area contributed by atoms with Gasteiger partial charge in [0.15, 0.2) is 0 Å². The van der Waals surface area contributed by atoms with Crippen molar-refractivity contribution in [1.29, 1.82) is 0 Å². The molecule has 1 aromatic heterocycles. The fourth-order valence-corrected chi connectivity index (χ4v) is 1.59. The molecule has 1 aromatic carbocycles. The Balaban J connectivity index is 2.17.